The fourth-order valence-corrected chi connectivity index (χ4v) is 3.05. The van der Waals surface area contributed by atoms with E-state index in [1.54, 1.807) is 7.05 Å². The van der Waals surface area contributed by atoms with Crippen LogP contribution in [0, 0.1) is 5.41 Å². The lowest BCUT2D eigenvalue weighted by atomic mass is 9.89. The molecule has 0 N–H and O–H groups in total. The first-order valence-electron chi connectivity index (χ1n) is 7.14. The van der Waals surface area contributed by atoms with E-state index in [1.165, 1.54) is 4.90 Å². The largest absolute Gasteiger partial charge is 0.312 e. The molecule has 0 aliphatic carbocycles. The molecule has 1 aliphatic heterocycles. The van der Waals surface area contributed by atoms with Gasteiger partial charge in [-0.25, -0.2) is 0 Å². The minimum absolute atomic E-state index is 0.0550. The van der Waals surface area contributed by atoms with Gasteiger partial charge in [-0.3, -0.25) is 9.69 Å². The fraction of sp³-hybridized carbons (Fsp3) is 0.353. The maximum atomic E-state index is 12.3. The average molecular weight is 332 g/mol. The minimum Gasteiger partial charge on any atom is -0.312 e. The molecule has 2 rings (SSSR count). The summed E-state index contributed by atoms with van der Waals surface area (Å²) in [6.45, 7) is 8.45. The van der Waals surface area contributed by atoms with Gasteiger partial charge in [0.1, 0.15) is 0 Å². The van der Waals surface area contributed by atoms with Crippen LogP contribution in [0.3, 0.4) is 0 Å². The van der Waals surface area contributed by atoms with E-state index in [4.69, 9.17) is 24.4 Å². The van der Waals surface area contributed by atoms with Gasteiger partial charge in [0.05, 0.1) is 10.4 Å². The van der Waals surface area contributed by atoms with E-state index in [2.05, 4.69) is 6.58 Å². The second kappa shape index (κ2) is 6.26. The van der Waals surface area contributed by atoms with Gasteiger partial charge < -0.3 is 4.90 Å². The number of rotatable bonds is 4. The molecule has 1 heterocycles. The van der Waals surface area contributed by atoms with Crippen LogP contribution in [0.25, 0.3) is 5.57 Å². The van der Waals surface area contributed by atoms with Crippen molar-refractivity contribution in [3.05, 3.63) is 42.5 Å². The summed E-state index contributed by atoms with van der Waals surface area (Å²) in [5.74, 6) is -0.0550. The summed E-state index contributed by atoms with van der Waals surface area (Å²) in [5.41, 5.74) is 1.43. The lowest BCUT2D eigenvalue weighted by Gasteiger charge is -2.43. The first-order valence-corrected chi connectivity index (χ1v) is 7.95. The molecule has 0 atom stereocenters. The van der Waals surface area contributed by atoms with Crippen LogP contribution in [0.1, 0.15) is 25.8 Å². The van der Waals surface area contributed by atoms with Crippen molar-refractivity contribution in [3.8, 4) is 0 Å². The van der Waals surface area contributed by atoms with Crippen LogP contribution in [0.2, 0.25) is 0 Å². The molecule has 116 valence electrons. The number of hydrogen-bond donors (Lipinski definition) is 0. The molecule has 0 radical (unpaired) electrons. The third-order valence-corrected chi connectivity index (χ3v) is 5.18. The van der Waals surface area contributed by atoms with Gasteiger partial charge in [-0.15, -0.1) is 0 Å². The molecule has 1 aliphatic rings. The van der Waals surface area contributed by atoms with Crippen LogP contribution < -0.4 is 0 Å². The van der Waals surface area contributed by atoms with Crippen molar-refractivity contribution in [2.75, 3.05) is 13.6 Å². The summed E-state index contributed by atoms with van der Waals surface area (Å²) in [7, 11) is 1.70. The molecule has 0 spiro atoms. The third-order valence-electron chi connectivity index (χ3n) is 3.96. The Balaban J connectivity index is 2.12. The van der Waals surface area contributed by atoms with E-state index >= 15 is 0 Å². The molecule has 0 unspecified atom stereocenters. The summed E-state index contributed by atoms with van der Waals surface area (Å²) in [4.78, 5) is 16.2. The first-order chi connectivity index (χ1) is 10.3. The molecular weight excluding hydrogens is 312 g/mol. The minimum atomic E-state index is -0.708. The van der Waals surface area contributed by atoms with E-state index in [9.17, 15) is 4.79 Å². The van der Waals surface area contributed by atoms with Crippen molar-refractivity contribution >= 4 is 46.0 Å². The number of benzene rings is 1. The Morgan fingerprint density at radius 2 is 1.82 bits per heavy atom. The van der Waals surface area contributed by atoms with Crippen LogP contribution in [0.15, 0.2) is 36.9 Å². The fourth-order valence-electron chi connectivity index (χ4n) is 2.47. The van der Waals surface area contributed by atoms with Crippen molar-refractivity contribution in [3.63, 3.8) is 0 Å². The molecule has 3 nitrogen and oxygen atoms in total. The molecule has 0 saturated carbocycles. The van der Waals surface area contributed by atoms with E-state index in [0.29, 0.717) is 16.6 Å². The number of amides is 1. The van der Waals surface area contributed by atoms with Crippen molar-refractivity contribution in [1.82, 2.24) is 9.80 Å². The molecular formula is C17H20N2OS2. The van der Waals surface area contributed by atoms with Gasteiger partial charge in [0.15, 0.2) is 5.11 Å². The van der Waals surface area contributed by atoms with Gasteiger partial charge in [-0.05, 0) is 43.6 Å². The lowest BCUT2D eigenvalue weighted by molar-refractivity contribution is -0.133. The Hall–Kier alpha value is -1.59. The highest BCUT2D eigenvalue weighted by Gasteiger charge is 2.45. The SMILES string of the molecule is C=C(CCN1C(=S)N(C)C(=O)C(C)(C)C1=S)c1ccccc1. The topological polar surface area (TPSA) is 23.6 Å². The predicted octanol–water partition coefficient (Wildman–Crippen LogP) is 3.50. The third kappa shape index (κ3) is 2.96. The zero-order valence-corrected chi connectivity index (χ0v) is 14.8. The summed E-state index contributed by atoms with van der Waals surface area (Å²) >= 11 is 10.9. The van der Waals surface area contributed by atoms with E-state index in [-0.39, 0.29) is 5.91 Å². The normalized spacial score (nSPS) is 17.9. The summed E-state index contributed by atoms with van der Waals surface area (Å²) in [6, 6.07) is 10.0. The molecule has 1 aromatic rings. The van der Waals surface area contributed by atoms with Crippen molar-refractivity contribution < 1.29 is 4.79 Å². The molecule has 0 aromatic heterocycles. The lowest BCUT2D eigenvalue weighted by Crippen LogP contribution is -2.61. The smallest absolute Gasteiger partial charge is 0.240 e. The van der Waals surface area contributed by atoms with Gasteiger partial charge >= 0.3 is 0 Å². The first kappa shape index (κ1) is 16.8. The van der Waals surface area contributed by atoms with E-state index in [0.717, 1.165) is 17.6 Å². The number of carbonyl (C=O) groups is 1. The summed E-state index contributed by atoms with van der Waals surface area (Å²) in [5, 5.41) is 0.468. The quantitative estimate of drug-likeness (QED) is 0.787. The van der Waals surface area contributed by atoms with Crippen LogP contribution >= 0.6 is 24.4 Å². The molecule has 1 amide bonds. The summed E-state index contributed by atoms with van der Waals surface area (Å²) in [6.07, 6.45) is 0.738. The van der Waals surface area contributed by atoms with Crippen molar-refractivity contribution in [1.29, 1.82) is 0 Å². The van der Waals surface area contributed by atoms with Crippen LogP contribution in [0.5, 0.6) is 0 Å². The monoisotopic (exact) mass is 332 g/mol. The molecule has 1 aromatic carbocycles. The van der Waals surface area contributed by atoms with Crippen LogP contribution in [-0.4, -0.2) is 39.4 Å². The number of nitrogens with zero attached hydrogens (tertiary/aromatic N) is 2. The molecule has 5 heteroatoms. The number of thiocarbonyl (C=S) groups is 2. The van der Waals surface area contributed by atoms with Crippen molar-refractivity contribution in [2.45, 2.75) is 20.3 Å². The standard InChI is InChI=1S/C17H20N2OS2/c1-12(13-8-6-5-7-9-13)10-11-19-15(21)17(2,3)14(20)18(4)16(19)22/h5-9H,1,10-11H2,2-4H3. The molecule has 1 saturated heterocycles. The molecule has 0 bridgehead atoms. The Labute approximate surface area is 142 Å². The number of carbonyl (C=O) groups excluding carboxylic acids is 1. The highest BCUT2D eigenvalue weighted by molar-refractivity contribution is 7.82. The average Bonchev–Trinajstić information content (AvgIpc) is 2.52. The number of hydrogen-bond acceptors (Lipinski definition) is 3. The van der Waals surface area contributed by atoms with Gasteiger partial charge in [0.25, 0.3) is 0 Å². The highest BCUT2D eigenvalue weighted by Crippen LogP contribution is 2.30. The van der Waals surface area contributed by atoms with Crippen LogP contribution in [0.4, 0.5) is 0 Å². The Bertz CT molecular complexity index is 637. The molecule has 22 heavy (non-hydrogen) atoms. The predicted molar refractivity (Wildman–Crippen MR) is 98.5 cm³/mol. The maximum Gasteiger partial charge on any atom is 0.240 e. The zero-order valence-electron chi connectivity index (χ0n) is 13.1. The Morgan fingerprint density at radius 1 is 1.23 bits per heavy atom. The summed E-state index contributed by atoms with van der Waals surface area (Å²) < 4.78 is 0. The Morgan fingerprint density at radius 3 is 2.41 bits per heavy atom. The second-order valence-corrected chi connectivity index (χ2v) is 6.70. The van der Waals surface area contributed by atoms with Gasteiger partial charge in [-0.2, -0.15) is 0 Å². The van der Waals surface area contributed by atoms with Crippen LogP contribution in [-0.2, 0) is 4.79 Å². The molecule has 1 fully saturated rings. The van der Waals surface area contributed by atoms with Gasteiger partial charge in [0.2, 0.25) is 5.91 Å². The maximum absolute atomic E-state index is 12.3. The highest BCUT2D eigenvalue weighted by atomic mass is 32.1. The van der Waals surface area contributed by atoms with Crippen molar-refractivity contribution in [2.24, 2.45) is 5.41 Å². The second-order valence-electron chi connectivity index (χ2n) is 5.95. The van der Waals surface area contributed by atoms with E-state index in [1.807, 2.05) is 49.1 Å². The Kier molecular flexibility index (Phi) is 4.78. The van der Waals surface area contributed by atoms with E-state index < -0.39 is 5.41 Å². The zero-order chi connectivity index (χ0) is 16.5. The van der Waals surface area contributed by atoms with Gasteiger partial charge in [-0.1, -0.05) is 49.1 Å². The van der Waals surface area contributed by atoms with Gasteiger partial charge in [0, 0.05) is 13.6 Å².